The predicted molar refractivity (Wildman–Crippen MR) is 140 cm³/mol. The Labute approximate surface area is 219 Å². The van der Waals surface area contributed by atoms with Gasteiger partial charge in [-0.15, -0.1) is 0 Å². The molecule has 1 aliphatic heterocycles. The molecule has 10 heteroatoms. The van der Waals surface area contributed by atoms with Gasteiger partial charge in [-0.25, -0.2) is 9.59 Å². The first-order valence-corrected chi connectivity index (χ1v) is 11.6. The summed E-state index contributed by atoms with van der Waals surface area (Å²) in [4.78, 5) is 51.7. The first-order valence-electron chi connectivity index (χ1n) is 11.6. The van der Waals surface area contributed by atoms with Crippen LogP contribution in [0.1, 0.15) is 35.3 Å². The van der Waals surface area contributed by atoms with Crippen LogP contribution in [0.5, 0.6) is 0 Å². The van der Waals surface area contributed by atoms with Gasteiger partial charge in [0.25, 0.3) is 0 Å². The molecule has 0 saturated carbocycles. The second-order valence-electron chi connectivity index (χ2n) is 8.57. The van der Waals surface area contributed by atoms with Crippen LogP contribution >= 0.6 is 0 Å². The number of carboxylic acid groups (broad SMARTS) is 2. The number of nitrogens with zero attached hydrogens (tertiary/aromatic N) is 2. The summed E-state index contributed by atoms with van der Waals surface area (Å²) in [5, 5.41) is 18.2. The zero-order valence-electron chi connectivity index (χ0n) is 21.7. The number of carbonyl (C=O) groups is 4. The van der Waals surface area contributed by atoms with Gasteiger partial charge in [0.15, 0.2) is 0 Å². The van der Waals surface area contributed by atoms with E-state index in [4.69, 9.17) is 14.6 Å². The van der Waals surface area contributed by atoms with Gasteiger partial charge in [-0.1, -0.05) is 18.2 Å². The van der Waals surface area contributed by atoms with Gasteiger partial charge in [-0.3, -0.25) is 14.6 Å². The molecule has 3 rings (SSSR count). The van der Waals surface area contributed by atoms with Crippen LogP contribution in [0.3, 0.4) is 0 Å². The first kappa shape index (κ1) is 27.9. The number of aliphatic carboxylic acids is 2. The molecule has 0 aromatic carbocycles. The quantitative estimate of drug-likeness (QED) is 0.305. The van der Waals surface area contributed by atoms with E-state index in [1.54, 1.807) is 6.20 Å². The lowest BCUT2D eigenvalue weighted by Crippen LogP contribution is -2.14. The average Bonchev–Trinajstić information content (AvgIpc) is 3.34. The third-order valence-electron chi connectivity index (χ3n) is 6.01. The lowest BCUT2D eigenvalue weighted by molar-refractivity contribution is -0.138. The van der Waals surface area contributed by atoms with E-state index in [0.717, 1.165) is 16.7 Å². The minimum absolute atomic E-state index is 0.0845. The molecule has 0 saturated heterocycles. The van der Waals surface area contributed by atoms with Crippen LogP contribution in [0.25, 0.3) is 17.2 Å². The molecule has 0 aromatic rings. The molecule has 10 nitrogen and oxygen atoms in total. The number of carbonyl (C=O) groups excluding carboxylic acids is 2. The summed E-state index contributed by atoms with van der Waals surface area (Å²) < 4.78 is 11.4. The van der Waals surface area contributed by atoms with Crippen molar-refractivity contribution >= 4 is 36.2 Å². The molecule has 2 N–H and O–H groups in total. The molecule has 0 unspecified atom stereocenters. The molecule has 38 heavy (non-hydrogen) atoms. The Kier molecular flexibility index (Phi) is 8.46. The number of aromatic nitrogens is 1. The van der Waals surface area contributed by atoms with Crippen molar-refractivity contribution in [2.24, 2.45) is 4.99 Å². The monoisotopic (exact) mass is 520 g/mol. The van der Waals surface area contributed by atoms with Crippen molar-refractivity contribution in [2.45, 2.75) is 27.3 Å². The van der Waals surface area contributed by atoms with Crippen LogP contribution in [-0.2, 0) is 30.4 Å². The lowest BCUT2D eigenvalue weighted by Gasteiger charge is -2.14. The van der Waals surface area contributed by atoms with Gasteiger partial charge in [0.1, 0.15) is 13.1 Å². The van der Waals surface area contributed by atoms with Crippen LogP contribution in [0.4, 0.5) is 0 Å². The molecule has 198 valence electrons. The summed E-state index contributed by atoms with van der Waals surface area (Å²) in [6.45, 7) is 4.69. The standard InChI is InChI=1S/C28H28N2O8/c1-6-19-15(2)7-17(25(19)20(27(35)37-4)10-29-11-23(31)32)9-18-8-16(3)21-12-30(14-24(33)34)13-22(26(18)21)28(36)38-5/h6-10,12-13H,11,14H2,1-5H3,(H,31,32)(H,33,34)/b17-9-,19-6-,25-20+,29-10?. The Morgan fingerprint density at radius 1 is 1.05 bits per heavy atom. The zero-order valence-corrected chi connectivity index (χ0v) is 21.7. The Bertz CT molecular complexity index is 1450. The first-order chi connectivity index (χ1) is 18.0. The molecule has 0 radical (unpaired) electrons. The van der Waals surface area contributed by atoms with E-state index in [1.807, 2.05) is 45.1 Å². The largest absolute Gasteiger partial charge is 0.480 e. The number of hydrogen-bond acceptors (Lipinski definition) is 7. The van der Waals surface area contributed by atoms with Crippen molar-refractivity contribution in [3.8, 4) is 11.1 Å². The number of hydrogen-bond donors (Lipinski definition) is 2. The van der Waals surface area contributed by atoms with Gasteiger partial charge in [0, 0.05) is 35.3 Å². The molecule has 0 amide bonds. The normalized spacial score (nSPS) is 16.8. The minimum atomic E-state index is -1.15. The fourth-order valence-corrected chi connectivity index (χ4v) is 4.50. The topological polar surface area (TPSA) is 144 Å². The van der Waals surface area contributed by atoms with E-state index in [2.05, 4.69) is 4.99 Å². The maximum Gasteiger partial charge on any atom is 0.340 e. The molecule has 1 heterocycles. The van der Waals surface area contributed by atoms with Crippen LogP contribution in [0.2, 0.25) is 0 Å². The van der Waals surface area contributed by atoms with Gasteiger partial charge in [0.2, 0.25) is 0 Å². The molecule has 0 bridgehead atoms. The molecule has 0 fully saturated rings. The van der Waals surface area contributed by atoms with Gasteiger partial charge in [-0.2, -0.15) is 0 Å². The van der Waals surface area contributed by atoms with E-state index in [9.17, 15) is 24.3 Å². The summed E-state index contributed by atoms with van der Waals surface area (Å²) in [6, 6.07) is 1.86. The van der Waals surface area contributed by atoms with E-state index in [-0.39, 0.29) is 17.7 Å². The molecule has 2 aliphatic carbocycles. The molecule has 0 aromatic heterocycles. The van der Waals surface area contributed by atoms with Crippen molar-refractivity contribution < 1.29 is 38.9 Å². The summed E-state index contributed by atoms with van der Waals surface area (Å²) in [5.74, 6) is -3.51. The van der Waals surface area contributed by atoms with E-state index < -0.39 is 30.4 Å². The number of aliphatic imine (C=N–C) groups is 1. The maximum absolute atomic E-state index is 12.8. The van der Waals surface area contributed by atoms with Crippen molar-refractivity contribution in [1.82, 2.24) is 4.57 Å². The Morgan fingerprint density at radius 3 is 2.34 bits per heavy atom. The number of allylic oxidation sites excluding steroid dienone is 6. The number of rotatable bonds is 8. The highest BCUT2D eigenvalue weighted by atomic mass is 16.5. The second-order valence-corrected chi connectivity index (χ2v) is 8.57. The Morgan fingerprint density at radius 2 is 1.76 bits per heavy atom. The SMILES string of the molecule is C/C=C1C(C)=CC(=C/c2cc(C)c3cn(CC(=O)O)cc(C(=O)OC)c2-3)/C/1=C(/C=NCC(=O)O)C(=O)OC. The van der Waals surface area contributed by atoms with Gasteiger partial charge >= 0.3 is 23.9 Å². The number of fused-ring (bicyclic) bond motifs is 1. The van der Waals surface area contributed by atoms with E-state index in [1.165, 1.54) is 31.2 Å². The number of pyridine rings is 1. The Balaban J connectivity index is 2.33. The zero-order chi connectivity index (χ0) is 28.1. The third-order valence-corrected chi connectivity index (χ3v) is 6.01. The van der Waals surface area contributed by atoms with Gasteiger partial charge in [-0.05, 0) is 54.7 Å². The third kappa shape index (κ3) is 5.64. The van der Waals surface area contributed by atoms with Crippen LogP contribution < -0.4 is 0 Å². The second kappa shape index (κ2) is 11.5. The summed E-state index contributed by atoms with van der Waals surface area (Å²) in [5.41, 5.74) is 5.73. The molecule has 0 atom stereocenters. The van der Waals surface area contributed by atoms with Gasteiger partial charge in [0.05, 0.1) is 25.4 Å². The van der Waals surface area contributed by atoms with Crippen molar-refractivity contribution in [1.29, 1.82) is 0 Å². The maximum atomic E-state index is 12.8. The van der Waals surface area contributed by atoms with E-state index >= 15 is 0 Å². The van der Waals surface area contributed by atoms with Crippen LogP contribution in [0.15, 0.2) is 63.5 Å². The van der Waals surface area contributed by atoms with Crippen molar-refractivity contribution in [2.75, 3.05) is 20.8 Å². The van der Waals surface area contributed by atoms with Crippen LogP contribution in [-0.4, -0.2) is 65.6 Å². The molecule has 3 aliphatic rings. The predicted octanol–water partition coefficient (Wildman–Crippen LogP) is 3.69. The Hall–Kier alpha value is -4.73. The molecular weight excluding hydrogens is 492 g/mol. The highest BCUT2D eigenvalue weighted by Crippen LogP contribution is 2.42. The fraction of sp³-hybridized carbons (Fsp3) is 0.250. The van der Waals surface area contributed by atoms with Gasteiger partial charge < -0.3 is 24.3 Å². The van der Waals surface area contributed by atoms with Crippen LogP contribution in [0, 0.1) is 6.92 Å². The highest BCUT2D eigenvalue weighted by Gasteiger charge is 2.28. The number of esters is 2. The molecule has 0 spiro atoms. The van der Waals surface area contributed by atoms with Crippen molar-refractivity contribution in [3.05, 3.63) is 75.2 Å². The number of ether oxygens (including phenoxy) is 2. The number of carboxylic acids is 2. The number of aryl methyl sites for hydroxylation is 1. The summed E-state index contributed by atoms with van der Waals surface area (Å²) >= 11 is 0. The number of methoxy groups -OCH3 is 2. The fourth-order valence-electron chi connectivity index (χ4n) is 4.50. The minimum Gasteiger partial charge on any atom is -0.480 e. The average molecular weight is 521 g/mol. The van der Waals surface area contributed by atoms with Crippen molar-refractivity contribution in [3.63, 3.8) is 0 Å². The molecular formula is C28H28N2O8. The summed E-state index contributed by atoms with van der Waals surface area (Å²) in [6.07, 6.45) is 9.81. The summed E-state index contributed by atoms with van der Waals surface area (Å²) in [7, 11) is 2.48. The smallest absolute Gasteiger partial charge is 0.340 e. The highest BCUT2D eigenvalue weighted by molar-refractivity contribution is 6.13. The lowest BCUT2D eigenvalue weighted by atomic mass is 9.94. The van der Waals surface area contributed by atoms with E-state index in [0.29, 0.717) is 27.8 Å².